The molecule has 10 heteroatoms. The maximum Gasteiger partial charge on any atom is 0.274 e. The summed E-state index contributed by atoms with van der Waals surface area (Å²) in [4.78, 5) is 39.4. The summed E-state index contributed by atoms with van der Waals surface area (Å²) in [5, 5.41) is 12.9. The Kier molecular flexibility index (Phi) is 5.04. The Balaban J connectivity index is 1.69. The molecule has 1 aromatic heterocycles. The van der Waals surface area contributed by atoms with Gasteiger partial charge >= 0.3 is 0 Å². The van der Waals surface area contributed by atoms with Gasteiger partial charge in [-0.25, -0.2) is 8.78 Å². The fraction of sp³-hybridized carbons (Fsp3) is 0.381. The minimum Gasteiger partial charge on any atom is -0.503 e. The second-order valence-electron chi connectivity index (χ2n) is 7.98. The van der Waals surface area contributed by atoms with Crippen molar-refractivity contribution < 1.29 is 28.2 Å². The molecular formula is C21H21F2N3O5. The van der Waals surface area contributed by atoms with Gasteiger partial charge in [0, 0.05) is 51.0 Å². The lowest BCUT2D eigenvalue weighted by Gasteiger charge is -2.35. The topological polar surface area (TPSA) is 101 Å². The van der Waals surface area contributed by atoms with E-state index in [2.05, 4.69) is 5.32 Å². The van der Waals surface area contributed by atoms with Crippen LogP contribution in [0.25, 0.3) is 0 Å². The van der Waals surface area contributed by atoms with Gasteiger partial charge in [0.15, 0.2) is 11.4 Å². The van der Waals surface area contributed by atoms with E-state index in [1.807, 2.05) is 0 Å². The molecule has 4 rings (SSSR count). The number of fused-ring (bicyclic) bond motifs is 2. The number of nitrogens with one attached hydrogen (secondary N) is 1. The Morgan fingerprint density at radius 1 is 1.35 bits per heavy atom. The molecule has 2 aromatic rings. The molecule has 1 fully saturated rings. The minimum absolute atomic E-state index is 0.0349. The standard InChI is InChI=1S/C21H21F2N3O5/c1-25-10-21(6-12(21)9-31-2)26-8-14(17(27)18(28)16(26)20(25)30)19(29)24-7-11-3-4-13(22)5-15(11)23/h3-5,8,12,28H,6-7,9-10H2,1-2H3,(H,24,29)/t12?,21-/m1/s1. The highest BCUT2D eigenvalue weighted by Crippen LogP contribution is 2.53. The van der Waals surface area contributed by atoms with Crippen LogP contribution in [0.4, 0.5) is 8.78 Å². The lowest BCUT2D eigenvalue weighted by Crippen LogP contribution is -2.48. The van der Waals surface area contributed by atoms with E-state index in [0.717, 1.165) is 6.07 Å². The van der Waals surface area contributed by atoms with Gasteiger partial charge in [-0.15, -0.1) is 0 Å². The number of ether oxygens (including phenoxy) is 1. The lowest BCUT2D eigenvalue weighted by molar-refractivity contribution is 0.0664. The molecule has 1 saturated carbocycles. The van der Waals surface area contributed by atoms with E-state index < -0.39 is 40.2 Å². The smallest absolute Gasteiger partial charge is 0.274 e. The Labute approximate surface area is 176 Å². The fourth-order valence-corrected chi connectivity index (χ4v) is 4.27. The van der Waals surface area contributed by atoms with Crippen molar-refractivity contribution in [3.63, 3.8) is 0 Å². The van der Waals surface area contributed by atoms with Gasteiger partial charge in [0.05, 0.1) is 12.1 Å². The monoisotopic (exact) mass is 433 g/mol. The van der Waals surface area contributed by atoms with Crippen molar-refractivity contribution in [1.82, 2.24) is 14.8 Å². The van der Waals surface area contributed by atoms with Gasteiger partial charge in [0.1, 0.15) is 17.2 Å². The van der Waals surface area contributed by atoms with Crippen molar-refractivity contribution in [2.24, 2.45) is 5.92 Å². The van der Waals surface area contributed by atoms with Crippen LogP contribution in [-0.4, -0.2) is 53.7 Å². The average molecular weight is 433 g/mol. The van der Waals surface area contributed by atoms with Crippen molar-refractivity contribution in [3.8, 4) is 5.75 Å². The molecule has 0 radical (unpaired) electrons. The highest BCUT2D eigenvalue weighted by molar-refractivity contribution is 5.99. The summed E-state index contributed by atoms with van der Waals surface area (Å²) in [6.45, 7) is 0.475. The molecule has 164 valence electrons. The molecule has 1 aliphatic carbocycles. The van der Waals surface area contributed by atoms with Crippen molar-refractivity contribution in [1.29, 1.82) is 0 Å². The van der Waals surface area contributed by atoms with Crippen LogP contribution in [-0.2, 0) is 16.8 Å². The van der Waals surface area contributed by atoms with E-state index in [-0.39, 0.29) is 29.3 Å². The number of carbonyl (C=O) groups is 2. The van der Waals surface area contributed by atoms with Crippen LogP contribution < -0.4 is 10.7 Å². The summed E-state index contributed by atoms with van der Waals surface area (Å²) in [5.41, 5.74) is -2.09. The number of pyridine rings is 1. The summed E-state index contributed by atoms with van der Waals surface area (Å²) in [5.74, 6) is -3.72. The zero-order chi connectivity index (χ0) is 22.5. The Hall–Kier alpha value is -3.27. The third-order valence-corrected chi connectivity index (χ3v) is 5.99. The average Bonchev–Trinajstić information content (AvgIpc) is 3.40. The van der Waals surface area contributed by atoms with E-state index in [1.54, 1.807) is 14.2 Å². The number of halogens is 2. The van der Waals surface area contributed by atoms with Crippen molar-refractivity contribution in [2.75, 3.05) is 27.3 Å². The van der Waals surface area contributed by atoms with Gasteiger partial charge < -0.3 is 24.6 Å². The highest BCUT2D eigenvalue weighted by Gasteiger charge is 2.60. The number of aromatic nitrogens is 1. The molecule has 2 heterocycles. The molecule has 2 atom stereocenters. The number of likely N-dealkylation sites (N-methyl/N-ethyl adjacent to an activating group) is 1. The molecule has 1 unspecified atom stereocenters. The minimum atomic E-state index is -0.994. The zero-order valence-corrected chi connectivity index (χ0v) is 16.9. The molecule has 2 N–H and O–H groups in total. The SMILES string of the molecule is COCC1C[C@@]12CN(C)C(=O)c1c(O)c(=O)c(C(=O)NCc3ccc(F)cc3F)cn12. The highest BCUT2D eigenvalue weighted by atomic mass is 19.1. The first-order chi connectivity index (χ1) is 14.7. The number of methoxy groups -OCH3 is 1. The quantitative estimate of drug-likeness (QED) is 0.738. The molecular weight excluding hydrogens is 412 g/mol. The summed E-state index contributed by atoms with van der Waals surface area (Å²) >= 11 is 0. The number of nitrogens with zero attached hydrogens (tertiary/aromatic N) is 2. The molecule has 8 nitrogen and oxygen atoms in total. The summed E-state index contributed by atoms with van der Waals surface area (Å²) < 4.78 is 33.6. The number of hydrogen-bond acceptors (Lipinski definition) is 5. The Morgan fingerprint density at radius 2 is 2.10 bits per heavy atom. The number of rotatable bonds is 5. The van der Waals surface area contributed by atoms with Gasteiger partial charge in [-0.3, -0.25) is 14.4 Å². The Morgan fingerprint density at radius 3 is 2.77 bits per heavy atom. The summed E-state index contributed by atoms with van der Waals surface area (Å²) in [6, 6.07) is 2.93. The van der Waals surface area contributed by atoms with Crippen molar-refractivity contribution in [2.45, 2.75) is 18.5 Å². The molecule has 0 saturated heterocycles. The number of hydrogen-bond donors (Lipinski definition) is 2. The van der Waals surface area contributed by atoms with Gasteiger partial charge in [-0.1, -0.05) is 6.07 Å². The second-order valence-corrected chi connectivity index (χ2v) is 7.98. The molecule has 1 aromatic carbocycles. The first-order valence-corrected chi connectivity index (χ1v) is 9.65. The predicted molar refractivity (Wildman–Crippen MR) is 105 cm³/mol. The van der Waals surface area contributed by atoms with E-state index in [9.17, 15) is 28.3 Å². The summed E-state index contributed by atoms with van der Waals surface area (Å²) in [6.07, 6.45) is 1.92. The van der Waals surface area contributed by atoms with Crippen LogP contribution in [0.3, 0.4) is 0 Å². The molecule has 1 aliphatic heterocycles. The molecule has 1 spiro atoms. The Bertz CT molecular complexity index is 1150. The largest absolute Gasteiger partial charge is 0.503 e. The van der Waals surface area contributed by atoms with Gasteiger partial charge in [-0.2, -0.15) is 0 Å². The van der Waals surface area contributed by atoms with Crippen LogP contribution in [0.2, 0.25) is 0 Å². The van der Waals surface area contributed by atoms with Crippen LogP contribution in [0.1, 0.15) is 32.8 Å². The fourth-order valence-electron chi connectivity index (χ4n) is 4.27. The number of aromatic hydroxyl groups is 1. The van der Waals surface area contributed by atoms with Crippen LogP contribution in [0.5, 0.6) is 5.75 Å². The van der Waals surface area contributed by atoms with Gasteiger partial charge in [0.25, 0.3) is 11.8 Å². The first-order valence-electron chi connectivity index (χ1n) is 9.65. The zero-order valence-electron chi connectivity index (χ0n) is 16.9. The normalized spacial score (nSPS) is 21.9. The maximum atomic E-state index is 13.8. The van der Waals surface area contributed by atoms with Crippen LogP contribution in [0.15, 0.2) is 29.2 Å². The molecule has 0 bridgehead atoms. The second kappa shape index (κ2) is 7.45. The van der Waals surface area contributed by atoms with Crippen LogP contribution >= 0.6 is 0 Å². The molecule has 31 heavy (non-hydrogen) atoms. The predicted octanol–water partition coefficient (Wildman–Crippen LogP) is 1.21. The van der Waals surface area contributed by atoms with E-state index in [4.69, 9.17) is 4.74 Å². The lowest BCUT2D eigenvalue weighted by atomic mass is 10.0. The number of carbonyl (C=O) groups excluding carboxylic acids is 2. The number of amides is 2. The first kappa shape index (κ1) is 21.0. The van der Waals surface area contributed by atoms with Gasteiger partial charge in [-0.05, 0) is 12.5 Å². The molecule has 2 aliphatic rings. The third-order valence-electron chi connectivity index (χ3n) is 5.99. The maximum absolute atomic E-state index is 13.8. The van der Waals surface area contributed by atoms with Gasteiger partial charge in [0.2, 0.25) is 5.43 Å². The number of benzene rings is 1. The van der Waals surface area contributed by atoms with Crippen molar-refractivity contribution >= 4 is 11.8 Å². The third kappa shape index (κ3) is 3.36. The molecule has 2 amide bonds. The van der Waals surface area contributed by atoms with Crippen LogP contribution in [0, 0.1) is 17.6 Å². The van der Waals surface area contributed by atoms with Crippen molar-refractivity contribution in [3.05, 3.63) is 63.1 Å². The van der Waals surface area contributed by atoms with E-state index >= 15 is 0 Å². The van der Waals surface area contributed by atoms with E-state index in [0.29, 0.717) is 25.6 Å². The van der Waals surface area contributed by atoms with E-state index in [1.165, 1.54) is 21.7 Å². The summed E-state index contributed by atoms with van der Waals surface area (Å²) in [7, 11) is 3.14.